The van der Waals surface area contributed by atoms with Gasteiger partial charge in [-0.25, -0.2) is 4.98 Å². The molecule has 1 aromatic heterocycles. The first-order chi connectivity index (χ1) is 8.08. The molecule has 0 fully saturated rings. The van der Waals surface area contributed by atoms with Crippen LogP contribution in [0.1, 0.15) is 18.6 Å². The van der Waals surface area contributed by atoms with Gasteiger partial charge in [0.2, 0.25) is 0 Å². The van der Waals surface area contributed by atoms with Crippen molar-refractivity contribution in [3.05, 3.63) is 40.6 Å². The van der Waals surface area contributed by atoms with Crippen molar-refractivity contribution in [2.75, 3.05) is 0 Å². The summed E-state index contributed by atoms with van der Waals surface area (Å²) in [5, 5.41) is 10.4. The summed E-state index contributed by atoms with van der Waals surface area (Å²) in [5.74, 6) is 0. The van der Waals surface area contributed by atoms with Crippen LogP contribution >= 0.6 is 27.7 Å². The van der Waals surface area contributed by atoms with E-state index in [0.29, 0.717) is 0 Å². The van der Waals surface area contributed by atoms with Crippen molar-refractivity contribution in [1.82, 2.24) is 9.55 Å². The minimum absolute atomic E-state index is 0.446. The lowest BCUT2D eigenvalue weighted by Gasteiger charge is -2.08. The molecule has 0 saturated heterocycles. The molecule has 0 bridgehead atoms. The number of imidazole rings is 1. The topological polar surface area (TPSA) is 38.1 Å². The van der Waals surface area contributed by atoms with E-state index in [2.05, 4.69) is 20.9 Å². The zero-order chi connectivity index (χ0) is 12.4. The lowest BCUT2D eigenvalue weighted by molar-refractivity contribution is 0.199. The Morgan fingerprint density at radius 3 is 2.76 bits per heavy atom. The van der Waals surface area contributed by atoms with Gasteiger partial charge in [-0.1, -0.05) is 17.8 Å². The lowest BCUT2D eigenvalue weighted by Crippen LogP contribution is -1.92. The highest BCUT2D eigenvalue weighted by Gasteiger charge is 2.08. The molecule has 90 valence electrons. The number of nitrogens with zero attached hydrogens (tertiary/aromatic N) is 2. The lowest BCUT2D eigenvalue weighted by atomic mass is 10.1. The molecule has 2 rings (SSSR count). The minimum Gasteiger partial charge on any atom is -0.389 e. The predicted molar refractivity (Wildman–Crippen MR) is 72.1 cm³/mol. The Balaban J connectivity index is 2.26. The first-order valence-corrected chi connectivity index (χ1v) is 6.81. The average Bonchev–Trinajstić information content (AvgIpc) is 2.67. The Morgan fingerprint density at radius 1 is 1.47 bits per heavy atom. The number of hydrogen-bond donors (Lipinski definition) is 1. The van der Waals surface area contributed by atoms with Crippen LogP contribution in [-0.2, 0) is 7.05 Å². The summed E-state index contributed by atoms with van der Waals surface area (Å²) in [6.07, 6.45) is 3.25. The molecule has 1 atom stereocenters. The van der Waals surface area contributed by atoms with Crippen LogP contribution in [0, 0.1) is 0 Å². The van der Waals surface area contributed by atoms with Crippen LogP contribution in [0.4, 0.5) is 0 Å². The molecule has 1 aromatic carbocycles. The zero-order valence-electron chi connectivity index (χ0n) is 9.59. The van der Waals surface area contributed by atoms with Gasteiger partial charge in [-0.3, -0.25) is 0 Å². The number of benzene rings is 1. The maximum atomic E-state index is 9.50. The van der Waals surface area contributed by atoms with Crippen molar-refractivity contribution in [2.45, 2.75) is 23.1 Å². The van der Waals surface area contributed by atoms with Crippen molar-refractivity contribution in [2.24, 2.45) is 7.05 Å². The standard InChI is InChI=1S/C12H13BrN2OS/c1-8(16)9-3-4-11(10(13)7-9)17-12-14-5-6-15(12)2/h3-8,16H,1-2H3/t8-/m0/s1. The molecule has 0 unspecified atom stereocenters. The first-order valence-electron chi connectivity index (χ1n) is 5.20. The number of aliphatic hydroxyl groups is 1. The Morgan fingerprint density at radius 2 is 2.24 bits per heavy atom. The predicted octanol–water partition coefficient (Wildman–Crippen LogP) is 3.39. The van der Waals surface area contributed by atoms with E-state index in [-0.39, 0.29) is 0 Å². The molecule has 0 spiro atoms. The number of rotatable bonds is 3. The summed E-state index contributed by atoms with van der Waals surface area (Å²) in [4.78, 5) is 5.35. The fourth-order valence-electron chi connectivity index (χ4n) is 1.41. The van der Waals surface area contributed by atoms with E-state index >= 15 is 0 Å². The largest absolute Gasteiger partial charge is 0.389 e. The van der Waals surface area contributed by atoms with E-state index in [9.17, 15) is 5.11 Å². The monoisotopic (exact) mass is 312 g/mol. The van der Waals surface area contributed by atoms with Crippen LogP contribution in [0.15, 0.2) is 45.1 Å². The smallest absolute Gasteiger partial charge is 0.172 e. The van der Waals surface area contributed by atoms with Gasteiger partial charge in [0.05, 0.1) is 6.10 Å². The Hall–Kier alpha value is -0.780. The quantitative estimate of drug-likeness (QED) is 0.944. The van der Waals surface area contributed by atoms with E-state index in [1.54, 1.807) is 24.9 Å². The second kappa shape index (κ2) is 5.25. The van der Waals surface area contributed by atoms with E-state index in [0.717, 1.165) is 20.1 Å². The maximum Gasteiger partial charge on any atom is 0.172 e. The Bertz CT molecular complexity index is 525. The molecule has 3 nitrogen and oxygen atoms in total. The van der Waals surface area contributed by atoms with Gasteiger partial charge in [-0.05, 0) is 40.5 Å². The molecule has 5 heteroatoms. The molecule has 0 saturated carbocycles. The van der Waals surface area contributed by atoms with E-state index in [1.165, 1.54) is 0 Å². The van der Waals surface area contributed by atoms with Gasteiger partial charge in [0.15, 0.2) is 5.16 Å². The van der Waals surface area contributed by atoms with E-state index in [4.69, 9.17) is 0 Å². The highest BCUT2D eigenvalue weighted by atomic mass is 79.9. The molecule has 0 radical (unpaired) electrons. The summed E-state index contributed by atoms with van der Waals surface area (Å²) >= 11 is 5.11. The summed E-state index contributed by atoms with van der Waals surface area (Å²) in [5.41, 5.74) is 0.904. The first kappa shape index (κ1) is 12.7. The van der Waals surface area contributed by atoms with Crippen LogP contribution < -0.4 is 0 Å². The normalized spacial score (nSPS) is 12.7. The fourth-order valence-corrected chi connectivity index (χ4v) is 2.86. The average molecular weight is 313 g/mol. The molecule has 0 aliphatic carbocycles. The van der Waals surface area contributed by atoms with Gasteiger partial charge in [0.25, 0.3) is 0 Å². The number of hydrogen-bond acceptors (Lipinski definition) is 3. The third kappa shape index (κ3) is 2.91. The molecule has 0 aliphatic rings. The number of halogens is 1. The third-order valence-electron chi connectivity index (χ3n) is 2.42. The van der Waals surface area contributed by atoms with Gasteiger partial charge in [0, 0.05) is 28.8 Å². The van der Waals surface area contributed by atoms with Gasteiger partial charge >= 0.3 is 0 Å². The second-order valence-corrected chi connectivity index (χ2v) is 5.65. The summed E-state index contributed by atoms with van der Waals surface area (Å²) in [7, 11) is 1.97. The Kier molecular flexibility index (Phi) is 3.91. The Labute approximate surface area is 113 Å². The van der Waals surface area contributed by atoms with Crippen molar-refractivity contribution in [3.63, 3.8) is 0 Å². The number of aliphatic hydroxyl groups excluding tert-OH is 1. The van der Waals surface area contributed by atoms with Crippen molar-refractivity contribution in [1.29, 1.82) is 0 Å². The number of aryl methyl sites for hydroxylation is 1. The van der Waals surface area contributed by atoms with Crippen molar-refractivity contribution in [3.8, 4) is 0 Å². The molecule has 1 heterocycles. The third-order valence-corrected chi connectivity index (χ3v) is 4.49. The van der Waals surface area contributed by atoms with Crippen LogP contribution in [-0.4, -0.2) is 14.7 Å². The summed E-state index contributed by atoms with van der Waals surface area (Å²) < 4.78 is 2.95. The van der Waals surface area contributed by atoms with Crippen molar-refractivity contribution < 1.29 is 5.11 Å². The highest BCUT2D eigenvalue weighted by Crippen LogP contribution is 2.33. The summed E-state index contributed by atoms with van der Waals surface area (Å²) in [6.45, 7) is 1.76. The maximum absolute atomic E-state index is 9.50. The van der Waals surface area contributed by atoms with Gasteiger partial charge < -0.3 is 9.67 Å². The SMILES string of the molecule is C[C@H](O)c1ccc(Sc2nccn2C)c(Br)c1. The van der Waals surface area contributed by atoms with E-state index < -0.39 is 6.10 Å². The molecule has 0 amide bonds. The highest BCUT2D eigenvalue weighted by molar-refractivity contribution is 9.10. The minimum atomic E-state index is -0.446. The van der Waals surface area contributed by atoms with Crippen molar-refractivity contribution >= 4 is 27.7 Å². The molecule has 0 aliphatic heterocycles. The van der Waals surface area contributed by atoms with E-state index in [1.807, 2.05) is 36.0 Å². The fraction of sp³-hybridized carbons (Fsp3) is 0.250. The molecular weight excluding hydrogens is 300 g/mol. The van der Waals surface area contributed by atoms with Gasteiger partial charge in [-0.2, -0.15) is 0 Å². The number of aromatic nitrogens is 2. The van der Waals surface area contributed by atoms with Crippen LogP contribution in [0.5, 0.6) is 0 Å². The summed E-state index contributed by atoms with van der Waals surface area (Å²) in [6, 6.07) is 5.86. The molecular formula is C12H13BrN2OS. The van der Waals surface area contributed by atoms with Gasteiger partial charge in [0.1, 0.15) is 0 Å². The van der Waals surface area contributed by atoms with Gasteiger partial charge in [-0.15, -0.1) is 0 Å². The molecule has 2 aromatic rings. The van der Waals surface area contributed by atoms with Crippen LogP contribution in [0.25, 0.3) is 0 Å². The van der Waals surface area contributed by atoms with Crippen LogP contribution in [0.3, 0.4) is 0 Å². The molecule has 17 heavy (non-hydrogen) atoms. The zero-order valence-corrected chi connectivity index (χ0v) is 12.0. The molecule has 1 N–H and O–H groups in total. The van der Waals surface area contributed by atoms with Crippen LogP contribution in [0.2, 0.25) is 0 Å². The second-order valence-electron chi connectivity index (χ2n) is 3.79.